The number of rotatable bonds is 4. The van der Waals surface area contributed by atoms with E-state index in [-0.39, 0.29) is 6.03 Å². The number of carbonyl (C=O) groups is 1. The number of hydrogen-bond acceptors (Lipinski definition) is 2. The summed E-state index contributed by atoms with van der Waals surface area (Å²) in [4.78, 5) is 13.9. The van der Waals surface area contributed by atoms with E-state index in [9.17, 15) is 4.79 Å². The zero-order valence-corrected chi connectivity index (χ0v) is 16.8. The zero-order valence-electron chi connectivity index (χ0n) is 15.2. The van der Waals surface area contributed by atoms with Gasteiger partial charge in [-0.1, -0.05) is 17.7 Å². The monoisotopic (exact) mass is 399 g/mol. The van der Waals surface area contributed by atoms with Gasteiger partial charge in [-0.3, -0.25) is 0 Å². The van der Waals surface area contributed by atoms with E-state index in [1.54, 1.807) is 6.07 Å². The second-order valence-electron chi connectivity index (χ2n) is 6.86. The average molecular weight is 400 g/mol. The number of amides is 2. The summed E-state index contributed by atoms with van der Waals surface area (Å²) in [6.45, 7) is 2.46. The summed E-state index contributed by atoms with van der Waals surface area (Å²) >= 11 is 7.99. The van der Waals surface area contributed by atoms with E-state index in [0.29, 0.717) is 17.3 Å². The predicted octanol–water partition coefficient (Wildman–Crippen LogP) is 5.70. The number of nitrogens with one attached hydrogen (secondary N) is 2. The minimum Gasteiger partial charge on any atom is -0.334 e. The lowest BCUT2D eigenvalue weighted by Crippen LogP contribution is -2.28. The molecule has 1 aromatic carbocycles. The highest BCUT2D eigenvalue weighted by Crippen LogP contribution is 2.36. The quantitative estimate of drug-likeness (QED) is 0.580. The summed E-state index contributed by atoms with van der Waals surface area (Å²) in [5.41, 5.74) is 4.35. The maximum atomic E-state index is 12.4. The molecular weight excluding hydrogens is 378 g/mol. The van der Waals surface area contributed by atoms with Crippen LogP contribution in [0.5, 0.6) is 0 Å². The van der Waals surface area contributed by atoms with Crippen LogP contribution in [-0.4, -0.2) is 10.6 Å². The Morgan fingerprint density at radius 2 is 2.00 bits per heavy atom. The van der Waals surface area contributed by atoms with Crippen LogP contribution in [0.2, 0.25) is 5.02 Å². The standard InChI is InChI=1S/C21H22ClN3OS/c1-14-8-9-15(12-18(14)22)24-21(26)23-13-17-16-6-2-3-7-19(16)27-20(17)25-10-4-5-11-25/h4-5,8-12H,2-3,6-7,13H2,1H3,(H2,23,24,26). The van der Waals surface area contributed by atoms with Crippen LogP contribution in [0.15, 0.2) is 42.7 Å². The number of thiophene rings is 1. The maximum Gasteiger partial charge on any atom is 0.319 e. The predicted molar refractivity (Wildman–Crippen MR) is 112 cm³/mol. The second kappa shape index (κ2) is 7.79. The molecule has 0 saturated carbocycles. The van der Waals surface area contributed by atoms with Gasteiger partial charge in [0.1, 0.15) is 5.00 Å². The number of nitrogens with zero attached hydrogens (tertiary/aromatic N) is 1. The Kier molecular flexibility index (Phi) is 5.23. The molecule has 0 bridgehead atoms. The van der Waals surface area contributed by atoms with Crippen LogP contribution in [0.3, 0.4) is 0 Å². The molecule has 2 amide bonds. The fraction of sp³-hybridized carbons (Fsp3) is 0.286. The normalized spacial score (nSPS) is 13.3. The Balaban J connectivity index is 1.51. The van der Waals surface area contributed by atoms with Gasteiger partial charge in [0.25, 0.3) is 0 Å². The summed E-state index contributed by atoms with van der Waals surface area (Å²) in [7, 11) is 0. The van der Waals surface area contributed by atoms with Crippen molar-refractivity contribution in [3.63, 3.8) is 0 Å². The van der Waals surface area contributed by atoms with Gasteiger partial charge in [0.15, 0.2) is 0 Å². The van der Waals surface area contributed by atoms with Crippen LogP contribution in [0.4, 0.5) is 10.5 Å². The number of anilines is 1. The Morgan fingerprint density at radius 1 is 1.22 bits per heavy atom. The molecule has 1 aliphatic rings. The highest BCUT2D eigenvalue weighted by atomic mass is 35.5. The molecule has 0 atom stereocenters. The van der Waals surface area contributed by atoms with Crippen LogP contribution < -0.4 is 10.6 Å². The van der Waals surface area contributed by atoms with Crippen LogP contribution in [-0.2, 0) is 19.4 Å². The van der Waals surface area contributed by atoms with Gasteiger partial charge in [0.05, 0.1) is 0 Å². The molecule has 140 valence electrons. The molecule has 2 aromatic heterocycles. The number of hydrogen-bond donors (Lipinski definition) is 2. The van der Waals surface area contributed by atoms with E-state index in [1.165, 1.54) is 33.8 Å². The van der Waals surface area contributed by atoms with E-state index in [2.05, 4.69) is 27.6 Å². The largest absolute Gasteiger partial charge is 0.334 e. The van der Waals surface area contributed by atoms with Crippen molar-refractivity contribution < 1.29 is 4.79 Å². The van der Waals surface area contributed by atoms with E-state index in [0.717, 1.165) is 18.4 Å². The molecule has 0 unspecified atom stereocenters. The minimum absolute atomic E-state index is 0.218. The number of benzene rings is 1. The minimum atomic E-state index is -0.218. The highest BCUT2D eigenvalue weighted by molar-refractivity contribution is 7.14. The van der Waals surface area contributed by atoms with Crippen molar-refractivity contribution in [3.05, 3.63) is 69.3 Å². The SMILES string of the molecule is Cc1ccc(NC(=O)NCc2c(-n3cccc3)sc3c2CCCC3)cc1Cl. The first-order valence-electron chi connectivity index (χ1n) is 9.19. The summed E-state index contributed by atoms with van der Waals surface area (Å²) in [6, 6.07) is 9.38. The Morgan fingerprint density at radius 3 is 2.78 bits per heavy atom. The Bertz CT molecular complexity index is 962. The van der Waals surface area contributed by atoms with E-state index >= 15 is 0 Å². The lowest BCUT2D eigenvalue weighted by Gasteiger charge is -2.14. The molecule has 2 N–H and O–H groups in total. The van der Waals surface area contributed by atoms with Gasteiger partial charge in [-0.2, -0.15) is 0 Å². The highest BCUT2D eigenvalue weighted by Gasteiger charge is 2.21. The van der Waals surface area contributed by atoms with Crippen LogP contribution in [0.1, 0.15) is 34.4 Å². The Hall–Kier alpha value is -2.24. The van der Waals surface area contributed by atoms with E-state index in [4.69, 9.17) is 11.6 Å². The van der Waals surface area contributed by atoms with Gasteiger partial charge >= 0.3 is 6.03 Å². The van der Waals surface area contributed by atoms with E-state index < -0.39 is 0 Å². The van der Waals surface area contributed by atoms with E-state index in [1.807, 2.05) is 42.5 Å². The molecule has 0 saturated heterocycles. The van der Waals surface area contributed by atoms with Crippen LogP contribution in [0, 0.1) is 6.92 Å². The number of urea groups is 1. The molecule has 0 spiro atoms. The summed E-state index contributed by atoms with van der Waals surface area (Å²) in [6.07, 6.45) is 8.84. The van der Waals surface area contributed by atoms with Crippen molar-refractivity contribution in [1.82, 2.24) is 9.88 Å². The van der Waals surface area contributed by atoms with Gasteiger partial charge in [-0.05, 0) is 68.0 Å². The van der Waals surface area contributed by atoms with Crippen molar-refractivity contribution in [1.29, 1.82) is 0 Å². The first-order chi connectivity index (χ1) is 13.1. The zero-order chi connectivity index (χ0) is 18.8. The van der Waals surface area contributed by atoms with Gasteiger partial charge in [-0.15, -0.1) is 11.3 Å². The molecule has 4 nitrogen and oxygen atoms in total. The number of carbonyl (C=O) groups excluding carboxylic acids is 1. The fourth-order valence-corrected chi connectivity index (χ4v) is 5.05. The molecule has 0 fully saturated rings. The van der Waals surface area contributed by atoms with Crippen molar-refractivity contribution in [2.45, 2.75) is 39.2 Å². The van der Waals surface area contributed by atoms with Crippen molar-refractivity contribution >= 4 is 34.7 Å². The molecule has 2 heterocycles. The number of aryl methyl sites for hydroxylation is 2. The average Bonchev–Trinajstić information content (AvgIpc) is 3.30. The number of fused-ring (bicyclic) bond motifs is 1. The maximum absolute atomic E-state index is 12.4. The third-order valence-corrected chi connectivity index (χ3v) is 6.71. The molecule has 1 aliphatic carbocycles. The van der Waals surface area contributed by atoms with Gasteiger partial charge < -0.3 is 15.2 Å². The van der Waals surface area contributed by atoms with Crippen molar-refractivity contribution in [3.8, 4) is 5.00 Å². The van der Waals surface area contributed by atoms with Gasteiger partial charge in [-0.25, -0.2) is 4.79 Å². The van der Waals surface area contributed by atoms with Crippen LogP contribution in [0.25, 0.3) is 5.00 Å². The summed E-state index contributed by atoms with van der Waals surface area (Å²) in [5, 5.41) is 7.75. The first-order valence-corrected chi connectivity index (χ1v) is 10.4. The number of aromatic nitrogens is 1. The van der Waals surface area contributed by atoms with Crippen molar-refractivity contribution in [2.75, 3.05) is 5.32 Å². The van der Waals surface area contributed by atoms with Gasteiger partial charge in [0, 0.05) is 40.1 Å². The molecule has 0 aliphatic heterocycles. The van der Waals surface area contributed by atoms with Crippen LogP contribution >= 0.6 is 22.9 Å². The smallest absolute Gasteiger partial charge is 0.319 e. The Labute approximate surface area is 168 Å². The molecule has 6 heteroatoms. The number of halogens is 1. The summed E-state index contributed by atoms with van der Waals surface area (Å²) < 4.78 is 2.15. The lowest BCUT2D eigenvalue weighted by atomic mass is 9.95. The second-order valence-corrected chi connectivity index (χ2v) is 8.35. The van der Waals surface area contributed by atoms with Crippen molar-refractivity contribution in [2.24, 2.45) is 0 Å². The summed E-state index contributed by atoms with van der Waals surface area (Å²) in [5.74, 6) is 0. The lowest BCUT2D eigenvalue weighted by molar-refractivity contribution is 0.251. The molecule has 3 aromatic rings. The van der Waals surface area contributed by atoms with Gasteiger partial charge in [0.2, 0.25) is 0 Å². The third-order valence-electron chi connectivity index (χ3n) is 4.95. The fourth-order valence-electron chi connectivity index (χ4n) is 3.49. The molecule has 0 radical (unpaired) electrons. The third kappa shape index (κ3) is 3.89. The topological polar surface area (TPSA) is 46.1 Å². The molecular formula is C21H22ClN3OS. The first kappa shape index (κ1) is 18.1. The molecule has 4 rings (SSSR count). The molecule has 27 heavy (non-hydrogen) atoms.